The number of ether oxygens (including phenoxy) is 2. The van der Waals surface area contributed by atoms with Crippen molar-refractivity contribution in [2.24, 2.45) is 5.92 Å². The van der Waals surface area contributed by atoms with Crippen molar-refractivity contribution in [2.75, 3.05) is 19.8 Å². The average Bonchev–Trinajstić information content (AvgIpc) is 3.29. The summed E-state index contributed by atoms with van der Waals surface area (Å²) in [6.45, 7) is 4.77. The van der Waals surface area contributed by atoms with E-state index in [0.29, 0.717) is 32.9 Å². The lowest BCUT2D eigenvalue weighted by molar-refractivity contribution is -0.126. The van der Waals surface area contributed by atoms with Crippen LogP contribution < -0.4 is 5.32 Å². The minimum absolute atomic E-state index is 0.0292. The van der Waals surface area contributed by atoms with E-state index in [4.69, 9.17) is 9.47 Å². The first-order chi connectivity index (χ1) is 12.2. The molecule has 2 aliphatic rings. The molecule has 0 spiro atoms. The second-order valence-electron chi connectivity index (χ2n) is 6.68. The molecule has 1 N–H and O–H groups in total. The average molecular weight is 342 g/mol. The van der Waals surface area contributed by atoms with E-state index in [1.807, 2.05) is 16.8 Å². The van der Waals surface area contributed by atoms with Crippen LogP contribution in [-0.4, -0.2) is 46.8 Å². The summed E-state index contributed by atoms with van der Waals surface area (Å²) in [7, 11) is 0. The van der Waals surface area contributed by atoms with E-state index in [1.165, 1.54) is 5.56 Å². The molecule has 2 aliphatic heterocycles. The molecule has 7 heteroatoms. The third-order valence-corrected chi connectivity index (χ3v) is 4.77. The van der Waals surface area contributed by atoms with Crippen molar-refractivity contribution in [3.05, 3.63) is 35.5 Å². The number of aryl methyl sites for hydroxylation is 1. The lowest BCUT2D eigenvalue weighted by Crippen LogP contribution is -2.41. The highest BCUT2D eigenvalue weighted by Crippen LogP contribution is 2.25. The number of aromatic nitrogens is 3. The van der Waals surface area contributed by atoms with Gasteiger partial charge in [-0.3, -0.25) is 4.79 Å². The predicted octanol–water partition coefficient (Wildman–Crippen LogP) is 1.31. The van der Waals surface area contributed by atoms with E-state index < -0.39 is 0 Å². The van der Waals surface area contributed by atoms with E-state index in [1.54, 1.807) is 0 Å². The molecule has 132 valence electrons. The van der Waals surface area contributed by atoms with E-state index >= 15 is 0 Å². The van der Waals surface area contributed by atoms with E-state index in [9.17, 15) is 4.79 Å². The third kappa shape index (κ3) is 3.43. The van der Waals surface area contributed by atoms with E-state index in [0.717, 1.165) is 23.4 Å². The fourth-order valence-corrected chi connectivity index (χ4v) is 3.30. The smallest absolute Gasteiger partial charge is 0.225 e. The number of amides is 1. The fraction of sp³-hybridized carbons (Fsp3) is 0.500. The Morgan fingerprint density at radius 2 is 2.36 bits per heavy atom. The molecule has 1 fully saturated rings. The number of hydrogen-bond acceptors (Lipinski definition) is 5. The van der Waals surface area contributed by atoms with Gasteiger partial charge < -0.3 is 14.8 Å². The summed E-state index contributed by atoms with van der Waals surface area (Å²) in [4.78, 5) is 12.1. The Hall–Kier alpha value is -2.25. The zero-order valence-corrected chi connectivity index (χ0v) is 14.3. The van der Waals surface area contributed by atoms with Crippen molar-refractivity contribution in [1.29, 1.82) is 0 Å². The maximum Gasteiger partial charge on any atom is 0.225 e. The van der Waals surface area contributed by atoms with Crippen LogP contribution >= 0.6 is 0 Å². The Bertz CT molecular complexity index is 767. The maximum absolute atomic E-state index is 12.1. The van der Waals surface area contributed by atoms with E-state index in [-0.39, 0.29) is 17.9 Å². The van der Waals surface area contributed by atoms with Crippen molar-refractivity contribution in [3.63, 3.8) is 0 Å². The summed E-state index contributed by atoms with van der Waals surface area (Å²) in [6.07, 6.45) is 0.704. The molecule has 1 aromatic carbocycles. The van der Waals surface area contributed by atoms with Gasteiger partial charge in [0.25, 0.3) is 0 Å². The number of rotatable bonds is 4. The monoisotopic (exact) mass is 342 g/mol. The van der Waals surface area contributed by atoms with Gasteiger partial charge in [-0.25, -0.2) is 4.68 Å². The zero-order valence-electron chi connectivity index (χ0n) is 14.3. The molecule has 0 aliphatic carbocycles. The van der Waals surface area contributed by atoms with Crippen molar-refractivity contribution < 1.29 is 14.3 Å². The largest absolute Gasteiger partial charge is 0.381 e. The zero-order chi connectivity index (χ0) is 17.2. The molecule has 0 radical (unpaired) electrons. The predicted molar refractivity (Wildman–Crippen MR) is 90.7 cm³/mol. The Kier molecular flexibility index (Phi) is 4.50. The molecular weight excluding hydrogens is 320 g/mol. The summed E-state index contributed by atoms with van der Waals surface area (Å²) >= 11 is 0. The number of carbonyl (C=O) groups excluding carboxylic acids is 1. The molecule has 1 aromatic heterocycles. The number of benzene rings is 1. The highest BCUT2D eigenvalue weighted by Gasteiger charge is 2.27. The summed E-state index contributed by atoms with van der Waals surface area (Å²) < 4.78 is 13.1. The molecule has 2 unspecified atom stereocenters. The first kappa shape index (κ1) is 16.2. The van der Waals surface area contributed by atoms with Crippen LogP contribution in [0, 0.1) is 12.8 Å². The van der Waals surface area contributed by atoms with Gasteiger partial charge in [0.2, 0.25) is 5.91 Å². The fourth-order valence-electron chi connectivity index (χ4n) is 3.30. The van der Waals surface area contributed by atoms with Gasteiger partial charge in [0.1, 0.15) is 5.69 Å². The van der Waals surface area contributed by atoms with Crippen LogP contribution in [0.5, 0.6) is 0 Å². The lowest BCUT2D eigenvalue weighted by atomic mass is 10.1. The third-order valence-electron chi connectivity index (χ3n) is 4.77. The second kappa shape index (κ2) is 6.93. The molecule has 3 heterocycles. The van der Waals surface area contributed by atoms with E-state index in [2.05, 4.69) is 34.7 Å². The Balaban J connectivity index is 1.40. The van der Waals surface area contributed by atoms with Crippen molar-refractivity contribution >= 4 is 5.91 Å². The van der Waals surface area contributed by atoms with Crippen LogP contribution in [0.3, 0.4) is 0 Å². The van der Waals surface area contributed by atoms with Gasteiger partial charge in [0, 0.05) is 18.7 Å². The molecule has 1 amide bonds. The van der Waals surface area contributed by atoms with Crippen LogP contribution in [0.15, 0.2) is 24.3 Å². The minimum atomic E-state index is -0.0918. The summed E-state index contributed by atoms with van der Waals surface area (Å²) in [5.41, 5.74) is 4.09. The molecule has 7 nitrogen and oxygen atoms in total. The van der Waals surface area contributed by atoms with Gasteiger partial charge >= 0.3 is 0 Å². The van der Waals surface area contributed by atoms with Gasteiger partial charge in [-0.1, -0.05) is 29.0 Å². The Morgan fingerprint density at radius 1 is 1.44 bits per heavy atom. The second-order valence-corrected chi connectivity index (χ2v) is 6.68. The molecular formula is C18H22N4O3. The van der Waals surface area contributed by atoms with Crippen LogP contribution in [0.25, 0.3) is 11.3 Å². The van der Waals surface area contributed by atoms with Crippen LogP contribution in [-0.2, 0) is 27.4 Å². The maximum atomic E-state index is 12.1. The number of fused-ring (bicyclic) bond motifs is 1. The van der Waals surface area contributed by atoms with Gasteiger partial charge in [0.05, 0.1) is 37.5 Å². The van der Waals surface area contributed by atoms with Crippen LogP contribution in [0.1, 0.15) is 17.7 Å². The highest BCUT2D eigenvalue weighted by atomic mass is 16.5. The molecule has 0 bridgehead atoms. The van der Waals surface area contributed by atoms with Crippen LogP contribution in [0.2, 0.25) is 0 Å². The normalized spacial score (nSPS) is 22.6. The topological polar surface area (TPSA) is 78.3 Å². The molecule has 0 saturated carbocycles. The van der Waals surface area contributed by atoms with Gasteiger partial charge in [-0.15, -0.1) is 5.10 Å². The highest BCUT2D eigenvalue weighted by molar-refractivity contribution is 5.79. The minimum Gasteiger partial charge on any atom is -0.381 e. The quantitative estimate of drug-likeness (QED) is 0.906. The molecule has 25 heavy (non-hydrogen) atoms. The first-order valence-corrected chi connectivity index (χ1v) is 8.67. The standard InChI is InChI=1S/C18H22N4O3/c1-12-3-2-4-13(7-12)17-16-11-25-15(9-22(16)21-20-17)8-19-18(23)14-5-6-24-10-14/h2-4,7,14-15H,5-6,8-11H2,1H3,(H,19,23). The molecule has 4 rings (SSSR count). The number of hydrogen-bond donors (Lipinski definition) is 1. The summed E-state index contributed by atoms with van der Waals surface area (Å²) in [5, 5.41) is 11.6. The molecule has 2 atom stereocenters. The Morgan fingerprint density at radius 3 is 3.16 bits per heavy atom. The lowest BCUT2D eigenvalue weighted by Gasteiger charge is -2.24. The SMILES string of the molecule is Cc1cccc(-c2nnn3c2COC(CNC(=O)C2CCOC2)C3)c1. The number of nitrogens with zero attached hydrogens (tertiary/aromatic N) is 3. The van der Waals surface area contributed by atoms with Crippen molar-refractivity contribution in [2.45, 2.75) is 32.6 Å². The Labute approximate surface area is 146 Å². The van der Waals surface area contributed by atoms with Crippen LogP contribution in [0.4, 0.5) is 0 Å². The number of carbonyl (C=O) groups is 1. The van der Waals surface area contributed by atoms with Gasteiger partial charge in [0.15, 0.2) is 0 Å². The summed E-state index contributed by atoms with van der Waals surface area (Å²) in [5.74, 6) is 0.0179. The molecule has 2 aromatic rings. The van der Waals surface area contributed by atoms with Gasteiger partial charge in [-0.2, -0.15) is 0 Å². The van der Waals surface area contributed by atoms with Crippen molar-refractivity contribution in [1.82, 2.24) is 20.3 Å². The first-order valence-electron chi connectivity index (χ1n) is 8.67. The van der Waals surface area contributed by atoms with Gasteiger partial charge in [-0.05, 0) is 19.4 Å². The van der Waals surface area contributed by atoms with Crippen molar-refractivity contribution in [3.8, 4) is 11.3 Å². The molecule has 1 saturated heterocycles. The summed E-state index contributed by atoms with van der Waals surface area (Å²) in [6, 6.07) is 8.21. The number of nitrogens with one attached hydrogen (secondary N) is 1.